The van der Waals surface area contributed by atoms with Crippen LogP contribution < -0.4 is 5.32 Å². The lowest BCUT2D eigenvalue weighted by Crippen LogP contribution is -2.47. The average molecular weight is 367 g/mol. The Morgan fingerprint density at radius 3 is 2.56 bits per heavy atom. The number of nitrogens with one attached hydrogen (secondary N) is 1. The van der Waals surface area contributed by atoms with Crippen LogP contribution in [0.3, 0.4) is 0 Å². The maximum absolute atomic E-state index is 12.8. The van der Waals surface area contributed by atoms with Gasteiger partial charge in [-0.2, -0.15) is 0 Å². The first kappa shape index (κ1) is 19.9. The molecule has 1 N–H and O–H groups in total. The van der Waals surface area contributed by atoms with Crippen molar-refractivity contribution in [3.63, 3.8) is 0 Å². The molecule has 0 aromatic heterocycles. The fraction of sp³-hybridized carbons (Fsp3) is 0.632. The number of hydrogen-bond acceptors (Lipinski definition) is 3. The van der Waals surface area contributed by atoms with Crippen LogP contribution in [0.25, 0.3) is 0 Å². The van der Waals surface area contributed by atoms with Crippen molar-refractivity contribution in [1.29, 1.82) is 0 Å². The van der Waals surface area contributed by atoms with Crippen molar-refractivity contribution >= 4 is 15.9 Å². The van der Waals surface area contributed by atoms with Crippen molar-refractivity contribution < 1.29 is 13.2 Å². The van der Waals surface area contributed by atoms with Gasteiger partial charge in [-0.25, -0.2) is 12.7 Å². The third-order valence-electron chi connectivity index (χ3n) is 4.73. The molecule has 1 aliphatic heterocycles. The smallest absolute Gasteiger partial charge is 0.224 e. The Kier molecular flexibility index (Phi) is 7.02. The summed E-state index contributed by atoms with van der Waals surface area (Å²) in [5.41, 5.74) is 1.08. The van der Waals surface area contributed by atoms with Crippen molar-refractivity contribution in [2.45, 2.75) is 46.1 Å². The zero-order valence-electron chi connectivity index (χ0n) is 15.4. The number of amides is 1. The predicted molar refractivity (Wildman–Crippen MR) is 101 cm³/mol. The highest BCUT2D eigenvalue weighted by molar-refractivity contribution is 7.89. The van der Waals surface area contributed by atoms with E-state index in [2.05, 4.69) is 19.2 Å². The predicted octanol–water partition coefficient (Wildman–Crippen LogP) is 2.95. The second-order valence-electron chi connectivity index (χ2n) is 7.15. The second kappa shape index (κ2) is 8.81. The van der Waals surface area contributed by atoms with Crippen LogP contribution in [-0.4, -0.2) is 37.5 Å². The van der Waals surface area contributed by atoms with E-state index < -0.39 is 10.0 Å². The lowest BCUT2D eigenvalue weighted by molar-refractivity contribution is -0.127. The number of sulfonamides is 1. The van der Waals surface area contributed by atoms with Gasteiger partial charge in [0.2, 0.25) is 15.9 Å². The maximum Gasteiger partial charge on any atom is 0.224 e. The normalized spacial score (nSPS) is 20.4. The van der Waals surface area contributed by atoms with E-state index in [1.807, 2.05) is 37.3 Å². The van der Waals surface area contributed by atoms with E-state index in [0.717, 1.165) is 18.4 Å². The van der Waals surface area contributed by atoms with Crippen LogP contribution in [-0.2, 0) is 14.8 Å². The minimum Gasteiger partial charge on any atom is -0.349 e. The molecule has 1 aromatic rings. The van der Waals surface area contributed by atoms with E-state index in [9.17, 15) is 13.2 Å². The maximum atomic E-state index is 12.8. The molecule has 5 nitrogen and oxygen atoms in total. The van der Waals surface area contributed by atoms with Crippen LogP contribution in [0.5, 0.6) is 0 Å². The van der Waals surface area contributed by atoms with Crippen molar-refractivity contribution in [2.24, 2.45) is 11.8 Å². The largest absolute Gasteiger partial charge is 0.349 e. The highest BCUT2D eigenvalue weighted by Crippen LogP contribution is 2.25. The molecule has 2 atom stereocenters. The second-order valence-corrected chi connectivity index (χ2v) is 9.24. The molecule has 1 aliphatic rings. The van der Waals surface area contributed by atoms with Gasteiger partial charge in [0.25, 0.3) is 0 Å². The number of rotatable bonds is 7. The lowest BCUT2D eigenvalue weighted by atomic mass is 9.93. The van der Waals surface area contributed by atoms with Crippen LogP contribution in [0.2, 0.25) is 0 Å². The van der Waals surface area contributed by atoms with Crippen molar-refractivity contribution in [2.75, 3.05) is 18.8 Å². The highest BCUT2D eigenvalue weighted by atomic mass is 32.2. The minimum absolute atomic E-state index is 0.0426. The van der Waals surface area contributed by atoms with Gasteiger partial charge >= 0.3 is 0 Å². The third kappa shape index (κ3) is 5.28. The summed E-state index contributed by atoms with van der Waals surface area (Å²) in [4.78, 5) is 12.8. The fourth-order valence-electron chi connectivity index (χ4n) is 3.36. The van der Waals surface area contributed by atoms with Crippen LogP contribution in [0.1, 0.15) is 51.6 Å². The molecule has 6 heteroatoms. The molecule has 0 saturated carbocycles. The number of benzene rings is 1. The van der Waals surface area contributed by atoms with Crippen molar-refractivity contribution in [3.05, 3.63) is 35.9 Å². The Morgan fingerprint density at radius 1 is 1.28 bits per heavy atom. The van der Waals surface area contributed by atoms with Gasteiger partial charge < -0.3 is 5.32 Å². The minimum atomic E-state index is -3.24. The first-order valence-corrected chi connectivity index (χ1v) is 10.8. The Balaban J connectivity index is 2.06. The molecule has 1 saturated heterocycles. The molecule has 0 unspecified atom stereocenters. The van der Waals surface area contributed by atoms with E-state index in [0.29, 0.717) is 19.5 Å². The molecule has 0 aliphatic carbocycles. The molecule has 1 fully saturated rings. The highest BCUT2D eigenvalue weighted by Gasteiger charge is 2.33. The van der Waals surface area contributed by atoms with E-state index in [4.69, 9.17) is 0 Å². The van der Waals surface area contributed by atoms with E-state index >= 15 is 0 Å². The SMILES string of the molecule is CCCS(=O)(=O)N1CCC[C@H](C(=O)N[C@H](c2ccccc2)C(C)C)C1. The Hall–Kier alpha value is -1.40. The summed E-state index contributed by atoms with van der Waals surface area (Å²) in [6.45, 7) is 6.85. The summed E-state index contributed by atoms with van der Waals surface area (Å²) >= 11 is 0. The number of hydrogen-bond donors (Lipinski definition) is 1. The molecule has 1 amide bonds. The molecule has 1 aromatic carbocycles. The van der Waals surface area contributed by atoms with Crippen LogP contribution >= 0.6 is 0 Å². The summed E-state index contributed by atoms with van der Waals surface area (Å²) in [5, 5.41) is 3.15. The van der Waals surface area contributed by atoms with Gasteiger partial charge in [-0.15, -0.1) is 0 Å². The Bertz CT molecular complexity index is 659. The van der Waals surface area contributed by atoms with Crippen LogP contribution in [0.4, 0.5) is 0 Å². The Labute approximate surface area is 151 Å². The molecule has 1 heterocycles. The molecule has 25 heavy (non-hydrogen) atoms. The zero-order chi connectivity index (χ0) is 18.4. The first-order chi connectivity index (χ1) is 11.8. The van der Waals surface area contributed by atoms with Gasteiger partial charge in [-0.3, -0.25) is 4.79 Å². The third-order valence-corrected chi connectivity index (χ3v) is 6.78. The molecular weight excluding hydrogens is 336 g/mol. The topological polar surface area (TPSA) is 66.5 Å². The molecule has 0 radical (unpaired) electrons. The van der Waals surface area contributed by atoms with Crippen molar-refractivity contribution in [3.8, 4) is 0 Å². The monoisotopic (exact) mass is 366 g/mol. The van der Waals surface area contributed by atoms with Crippen LogP contribution in [0.15, 0.2) is 30.3 Å². The molecule has 0 spiro atoms. The van der Waals surface area contributed by atoms with E-state index in [1.165, 1.54) is 4.31 Å². The van der Waals surface area contributed by atoms with E-state index in [1.54, 1.807) is 0 Å². The standard InChI is InChI=1S/C19H30N2O3S/c1-4-13-25(23,24)21-12-8-11-17(14-21)19(22)20-18(15(2)3)16-9-6-5-7-10-16/h5-7,9-10,15,17-18H,4,8,11-14H2,1-3H3,(H,20,22)/t17-,18-/m0/s1. The summed E-state index contributed by atoms with van der Waals surface area (Å²) < 4.78 is 26.1. The Morgan fingerprint density at radius 2 is 1.96 bits per heavy atom. The van der Waals surface area contributed by atoms with Gasteiger partial charge in [0.05, 0.1) is 17.7 Å². The summed E-state index contributed by atoms with van der Waals surface area (Å²) in [5.74, 6) is 0.0964. The van der Waals surface area contributed by atoms with Gasteiger partial charge in [-0.1, -0.05) is 51.1 Å². The molecule has 140 valence electrons. The first-order valence-electron chi connectivity index (χ1n) is 9.18. The van der Waals surface area contributed by atoms with Gasteiger partial charge in [0, 0.05) is 13.1 Å². The average Bonchev–Trinajstić information content (AvgIpc) is 2.60. The van der Waals surface area contributed by atoms with Gasteiger partial charge in [0.1, 0.15) is 0 Å². The molecule has 0 bridgehead atoms. The van der Waals surface area contributed by atoms with Crippen molar-refractivity contribution in [1.82, 2.24) is 9.62 Å². The lowest BCUT2D eigenvalue weighted by Gasteiger charge is -2.33. The van der Waals surface area contributed by atoms with Crippen LogP contribution in [0, 0.1) is 11.8 Å². The summed E-state index contributed by atoms with van der Waals surface area (Å²) in [6.07, 6.45) is 2.07. The summed E-state index contributed by atoms with van der Waals surface area (Å²) in [6, 6.07) is 9.87. The molecular formula is C19H30N2O3S. The number of nitrogens with zero attached hydrogens (tertiary/aromatic N) is 1. The quantitative estimate of drug-likeness (QED) is 0.807. The van der Waals surface area contributed by atoms with E-state index in [-0.39, 0.29) is 29.5 Å². The zero-order valence-corrected chi connectivity index (χ0v) is 16.3. The molecule has 2 rings (SSSR count). The number of carbonyl (C=O) groups is 1. The number of carbonyl (C=O) groups excluding carboxylic acids is 1. The summed E-state index contributed by atoms with van der Waals surface area (Å²) in [7, 11) is -3.24. The van der Waals surface area contributed by atoms with Gasteiger partial charge in [-0.05, 0) is 30.7 Å². The van der Waals surface area contributed by atoms with Gasteiger partial charge in [0.15, 0.2) is 0 Å². The fourth-order valence-corrected chi connectivity index (χ4v) is 4.95. The number of piperidine rings is 1.